The van der Waals surface area contributed by atoms with Crippen LogP contribution in [-0.2, 0) is 21.2 Å². The van der Waals surface area contributed by atoms with Crippen LogP contribution in [0.3, 0.4) is 0 Å². The van der Waals surface area contributed by atoms with Crippen LogP contribution in [-0.4, -0.2) is 37.6 Å². The normalized spacial score (nSPS) is 29.2. The number of carbonyl (C=O) groups is 2. The van der Waals surface area contributed by atoms with E-state index >= 15 is 0 Å². The van der Waals surface area contributed by atoms with Crippen LogP contribution < -0.4 is 4.31 Å². The van der Waals surface area contributed by atoms with Crippen LogP contribution >= 0.6 is 0 Å². The Morgan fingerprint density at radius 2 is 2.08 bits per heavy atom. The highest BCUT2D eigenvalue weighted by atomic mass is 32.2. The Bertz CT molecular complexity index is 920. The molecule has 4 rings (SSSR count). The van der Waals surface area contributed by atoms with Gasteiger partial charge in [0.05, 0.1) is 22.4 Å². The van der Waals surface area contributed by atoms with Crippen molar-refractivity contribution in [2.45, 2.75) is 39.5 Å². The van der Waals surface area contributed by atoms with E-state index in [1.807, 2.05) is 13.8 Å². The molecule has 1 heterocycles. The van der Waals surface area contributed by atoms with Gasteiger partial charge in [-0.25, -0.2) is 13.2 Å². The second-order valence-corrected chi connectivity index (χ2v) is 10.3. The third-order valence-corrected chi connectivity index (χ3v) is 8.99. The summed E-state index contributed by atoms with van der Waals surface area (Å²) in [7, 11) is -3.67. The molecule has 2 aliphatic carbocycles. The Labute approximate surface area is 153 Å². The highest BCUT2D eigenvalue weighted by molar-refractivity contribution is 7.92. The molecule has 2 bridgehead atoms. The lowest BCUT2D eigenvalue weighted by Gasteiger charge is -2.37. The molecule has 2 unspecified atom stereocenters. The first-order chi connectivity index (χ1) is 12.1. The number of aromatic carboxylic acids is 1. The molecule has 1 aromatic carbocycles. The minimum absolute atomic E-state index is 0.0861. The quantitative estimate of drug-likeness (QED) is 0.870. The minimum Gasteiger partial charge on any atom is -0.478 e. The maximum atomic E-state index is 13.2. The van der Waals surface area contributed by atoms with Crippen LogP contribution in [0.1, 0.15) is 49.0 Å². The summed E-state index contributed by atoms with van der Waals surface area (Å²) in [6.45, 7) is 4.36. The summed E-state index contributed by atoms with van der Waals surface area (Å²) in [4.78, 5) is 23.8. The van der Waals surface area contributed by atoms with Crippen molar-refractivity contribution in [3.8, 4) is 0 Å². The number of fused-ring (bicyclic) bond motifs is 3. The minimum atomic E-state index is -3.67. The van der Waals surface area contributed by atoms with Gasteiger partial charge in [0.25, 0.3) is 0 Å². The van der Waals surface area contributed by atoms with Crippen molar-refractivity contribution in [1.82, 2.24) is 0 Å². The van der Waals surface area contributed by atoms with Crippen molar-refractivity contribution in [3.63, 3.8) is 0 Å². The van der Waals surface area contributed by atoms with Crippen LogP contribution in [0.4, 0.5) is 5.69 Å². The van der Waals surface area contributed by atoms with Gasteiger partial charge in [0.2, 0.25) is 10.0 Å². The Kier molecular flexibility index (Phi) is 3.58. The second kappa shape index (κ2) is 5.31. The maximum absolute atomic E-state index is 13.2. The van der Waals surface area contributed by atoms with Crippen LogP contribution in [0, 0.1) is 16.7 Å². The first-order valence-electron chi connectivity index (χ1n) is 8.98. The van der Waals surface area contributed by atoms with E-state index in [1.165, 1.54) is 10.4 Å². The standard InChI is InChI=1S/C19H23NO5S/c1-18(2)14-5-7-19(18,16(21)10-14)11-26(24,25)20-8-6-12-9-13(17(22)23)3-4-15(12)20/h3-4,9,14H,5-8,10-11H2,1-2H3,(H,22,23). The van der Waals surface area contributed by atoms with E-state index in [0.717, 1.165) is 12.0 Å². The van der Waals surface area contributed by atoms with Gasteiger partial charge in [0, 0.05) is 13.0 Å². The van der Waals surface area contributed by atoms with Crippen molar-refractivity contribution >= 4 is 27.5 Å². The summed E-state index contributed by atoms with van der Waals surface area (Å²) >= 11 is 0. The molecule has 1 N–H and O–H groups in total. The van der Waals surface area contributed by atoms with Crippen molar-refractivity contribution in [2.24, 2.45) is 16.7 Å². The number of carboxylic acids is 1. The highest BCUT2D eigenvalue weighted by Crippen LogP contribution is 2.64. The molecule has 3 aliphatic rings. The third kappa shape index (κ3) is 2.19. The topological polar surface area (TPSA) is 91.8 Å². The molecule has 0 amide bonds. The molecule has 0 radical (unpaired) electrons. The van der Waals surface area contributed by atoms with Gasteiger partial charge in [0.1, 0.15) is 5.78 Å². The van der Waals surface area contributed by atoms with Gasteiger partial charge in [-0.05, 0) is 54.4 Å². The fourth-order valence-corrected chi connectivity index (χ4v) is 7.59. The molecule has 2 atom stereocenters. The molecule has 0 aromatic heterocycles. The average molecular weight is 377 g/mol. The highest BCUT2D eigenvalue weighted by Gasteiger charge is 2.65. The Morgan fingerprint density at radius 1 is 1.35 bits per heavy atom. The molecule has 2 saturated carbocycles. The number of hydrogen-bond acceptors (Lipinski definition) is 4. The van der Waals surface area contributed by atoms with Crippen LogP contribution in [0.25, 0.3) is 0 Å². The lowest BCUT2D eigenvalue weighted by atomic mass is 9.70. The molecular formula is C19H23NO5S. The summed E-state index contributed by atoms with van der Waals surface area (Å²) in [5.74, 6) is -0.817. The van der Waals surface area contributed by atoms with Gasteiger partial charge in [-0.15, -0.1) is 0 Å². The van der Waals surface area contributed by atoms with E-state index in [4.69, 9.17) is 5.11 Å². The molecule has 2 fully saturated rings. The van der Waals surface area contributed by atoms with Gasteiger partial charge < -0.3 is 5.11 Å². The van der Waals surface area contributed by atoms with Crippen molar-refractivity contribution < 1.29 is 23.1 Å². The van der Waals surface area contributed by atoms with E-state index < -0.39 is 21.4 Å². The number of nitrogens with zero attached hydrogens (tertiary/aromatic N) is 1. The van der Waals surface area contributed by atoms with Gasteiger partial charge in [-0.2, -0.15) is 0 Å². The first-order valence-corrected chi connectivity index (χ1v) is 10.6. The van der Waals surface area contributed by atoms with E-state index in [0.29, 0.717) is 31.5 Å². The summed E-state index contributed by atoms with van der Waals surface area (Å²) in [6.07, 6.45) is 2.53. The summed E-state index contributed by atoms with van der Waals surface area (Å²) in [6, 6.07) is 4.55. The number of hydrogen-bond donors (Lipinski definition) is 1. The van der Waals surface area contributed by atoms with Gasteiger partial charge in [0.15, 0.2) is 0 Å². The number of ketones is 1. The van der Waals surface area contributed by atoms with Crippen molar-refractivity contribution in [2.75, 3.05) is 16.6 Å². The number of Topliss-reactive ketones (excluding diaryl/α,β-unsaturated/α-hetero) is 1. The zero-order valence-corrected chi connectivity index (χ0v) is 15.8. The predicted molar refractivity (Wildman–Crippen MR) is 96.8 cm³/mol. The molecule has 6 nitrogen and oxygen atoms in total. The molecule has 1 aliphatic heterocycles. The third-order valence-electron chi connectivity index (χ3n) is 7.08. The summed E-state index contributed by atoms with van der Waals surface area (Å²) in [5.41, 5.74) is 0.344. The number of carboxylic acid groups (broad SMARTS) is 1. The monoisotopic (exact) mass is 377 g/mol. The molecule has 26 heavy (non-hydrogen) atoms. The summed E-state index contributed by atoms with van der Waals surface area (Å²) in [5, 5.41) is 9.12. The lowest BCUT2D eigenvalue weighted by Crippen LogP contribution is -2.46. The number of benzene rings is 1. The van der Waals surface area contributed by atoms with E-state index in [1.54, 1.807) is 12.1 Å². The first kappa shape index (κ1) is 17.5. The zero-order valence-electron chi connectivity index (χ0n) is 15.0. The smallest absolute Gasteiger partial charge is 0.335 e. The Morgan fingerprint density at radius 3 is 2.65 bits per heavy atom. The van der Waals surface area contributed by atoms with Gasteiger partial charge in [-0.1, -0.05) is 13.8 Å². The van der Waals surface area contributed by atoms with Crippen molar-refractivity contribution in [3.05, 3.63) is 29.3 Å². The fraction of sp³-hybridized carbons (Fsp3) is 0.579. The predicted octanol–water partition coefficient (Wildman–Crippen LogP) is 2.47. The Hall–Kier alpha value is -1.89. The zero-order chi connectivity index (χ0) is 18.9. The maximum Gasteiger partial charge on any atom is 0.335 e. The molecule has 140 valence electrons. The molecular weight excluding hydrogens is 354 g/mol. The average Bonchev–Trinajstić information content (AvgIpc) is 3.14. The Balaban J connectivity index is 1.68. The molecule has 0 saturated heterocycles. The molecule has 0 spiro atoms. The SMILES string of the molecule is CC1(C)C2CCC1(CS(=O)(=O)N1CCc3cc(C(=O)O)ccc31)C(=O)C2. The van der Waals surface area contributed by atoms with Crippen LogP contribution in [0.5, 0.6) is 0 Å². The second-order valence-electron chi connectivity index (χ2n) is 8.39. The molecule has 1 aromatic rings. The summed E-state index contributed by atoms with van der Waals surface area (Å²) < 4.78 is 27.9. The number of carbonyl (C=O) groups excluding carboxylic acids is 1. The van der Waals surface area contributed by atoms with E-state index in [9.17, 15) is 18.0 Å². The van der Waals surface area contributed by atoms with Gasteiger partial charge >= 0.3 is 5.97 Å². The van der Waals surface area contributed by atoms with E-state index in [-0.39, 0.29) is 28.4 Å². The number of sulfonamides is 1. The van der Waals surface area contributed by atoms with Crippen LogP contribution in [0.15, 0.2) is 18.2 Å². The van der Waals surface area contributed by atoms with E-state index in [2.05, 4.69) is 0 Å². The fourth-order valence-electron chi connectivity index (χ4n) is 5.29. The lowest BCUT2D eigenvalue weighted by molar-refractivity contribution is -0.128. The largest absolute Gasteiger partial charge is 0.478 e. The van der Waals surface area contributed by atoms with Crippen molar-refractivity contribution in [1.29, 1.82) is 0 Å². The number of anilines is 1. The van der Waals surface area contributed by atoms with Crippen LogP contribution in [0.2, 0.25) is 0 Å². The number of rotatable bonds is 4. The van der Waals surface area contributed by atoms with Gasteiger partial charge in [-0.3, -0.25) is 9.10 Å². The molecule has 7 heteroatoms.